The van der Waals surface area contributed by atoms with Crippen LogP contribution in [0.2, 0.25) is 0 Å². The average molecular weight is 444 g/mol. The maximum atomic E-state index is 13.2. The van der Waals surface area contributed by atoms with Crippen molar-refractivity contribution in [3.05, 3.63) is 106 Å². The highest BCUT2D eigenvalue weighted by molar-refractivity contribution is 7.98. The Bertz CT molecular complexity index is 1430. The summed E-state index contributed by atoms with van der Waals surface area (Å²) >= 11 is 1.35. The second-order valence-corrected chi connectivity index (χ2v) is 8.04. The highest BCUT2D eigenvalue weighted by Crippen LogP contribution is 2.24. The number of rotatable bonds is 6. The molecule has 8 heteroatoms. The molecule has 0 unspecified atom stereocenters. The SMILES string of the molecule is O=c1c2ccccc2nc(SCc2nc(-c3ccc(F)cc3)no2)n1Cc1ccccc1. The normalized spacial score (nSPS) is 11.2. The van der Waals surface area contributed by atoms with E-state index in [4.69, 9.17) is 9.51 Å². The Kier molecular flexibility index (Phi) is 5.51. The summed E-state index contributed by atoms with van der Waals surface area (Å²) in [7, 11) is 0. The summed E-state index contributed by atoms with van der Waals surface area (Å²) in [5, 5.41) is 5.12. The molecule has 0 aliphatic heterocycles. The van der Waals surface area contributed by atoms with Gasteiger partial charge in [-0.25, -0.2) is 9.37 Å². The smallest absolute Gasteiger partial charge is 0.262 e. The molecule has 0 bridgehead atoms. The van der Waals surface area contributed by atoms with Crippen molar-refractivity contribution in [3.63, 3.8) is 0 Å². The summed E-state index contributed by atoms with van der Waals surface area (Å²) in [5.74, 6) is 0.789. The molecule has 3 aromatic carbocycles. The Labute approximate surface area is 186 Å². The zero-order valence-electron chi connectivity index (χ0n) is 16.8. The van der Waals surface area contributed by atoms with Gasteiger partial charge in [-0.2, -0.15) is 4.98 Å². The molecule has 0 saturated carbocycles. The molecule has 5 rings (SSSR count). The molecule has 0 radical (unpaired) electrons. The monoisotopic (exact) mass is 444 g/mol. The molecule has 6 nitrogen and oxygen atoms in total. The Hall–Kier alpha value is -3.78. The molecule has 32 heavy (non-hydrogen) atoms. The predicted octanol–water partition coefficient (Wildman–Crippen LogP) is 4.93. The summed E-state index contributed by atoms with van der Waals surface area (Å²) in [6.45, 7) is 0.407. The van der Waals surface area contributed by atoms with Crippen molar-refractivity contribution in [1.29, 1.82) is 0 Å². The molecule has 0 spiro atoms. The van der Waals surface area contributed by atoms with Crippen LogP contribution in [0.1, 0.15) is 11.5 Å². The fourth-order valence-electron chi connectivity index (χ4n) is 3.32. The van der Waals surface area contributed by atoms with Crippen molar-refractivity contribution in [2.75, 3.05) is 0 Å². The van der Waals surface area contributed by atoms with Crippen molar-refractivity contribution < 1.29 is 8.91 Å². The molecule has 2 aromatic heterocycles. The number of nitrogens with zero attached hydrogens (tertiary/aromatic N) is 4. The van der Waals surface area contributed by atoms with E-state index in [-0.39, 0.29) is 11.4 Å². The third-order valence-electron chi connectivity index (χ3n) is 4.91. The van der Waals surface area contributed by atoms with Crippen LogP contribution < -0.4 is 5.56 Å². The summed E-state index contributed by atoms with van der Waals surface area (Å²) in [6, 6.07) is 23.0. The minimum atomic E-state index is -0.327. The second-order valence-electron chi connectivity index (χ2n) is 7.10. The lowest BCUT2D eigenvalue weighted by atomic mass is 10.2. The van der Waals surface area contributed by atoms with Crippen molar-refractivity contribution in [2.45, 2.75) is 17.5 Å². The minimum absolute atomic E-state index is 0.0977. The Morgan fingerprint density at radius 2 is 1.66 bits per heavy atom. The van der Waals surface area contributed by atoms with Gasteiger partial charge in [-0.15, -0.1) is 0 Å². The lowest BCUT2D eigenvalue weighted by Crippen LogP contribution is -2.24. The number of thioether (sulfide) groups is 1. The fourth-order valence-corrected chi connectivity index (χ4v) is 4.16. The maximum Gasteiger partial charge on any atom is 0.262 e. The van der Waals surface area contributed by atoms with E-state index in [1.807, 2.05) is 48.5 Å². The molecule has 0 aliphatic carbocycles. The highest BCUT2D eigenvalue weighted by Gasteiger charge is 2.15. The molecular formula is C24H17FN4O2S. The standard InChI is InChI=1S/C24H17FN4O2S/c25-18-12-10-17(11-13-18)22-27-21(31-28-22)15-32-24-26-20-9-5-4-8-19(20)23(30)29(24)14-16-6-2-1-3-7-16/h1-13H,14-15H2. The zero-order chi connectivity index (χ0) is 21.9. The Morgan fingerprint density at radius 3 is 2.47 bits per heavy atom. The first-order valence-corrected chi connectivity index (χ1v) is 10.9. The number of aromatic nitrogens is 4. The molecule has 158 valence electrons. The molecule has 0 aliphatic rings. The van der Waals surface area contributed by atoms with Crippen molar-refractivity contribution >= 4 is 22.7 Å². The van der Waals surface area contributed by atoms with Gasteiger partial charge in [0.1, 0.15) is 5.82 Å². The Morgan fingerprint density at radius 1 is 0.906 bits per heavy atom. The first-order valence-electron chi connectivity index (χ1n) is 9.92. The van der Waals surface area contributed by atoms with Gasteiger partial charge in [0.15, 0.2) is 5.16 Å². The van der Waals surface area contributed by atoms with Gasteiger partial charge in [-0.1, -0.05) is 59.4 Å². The zero-order valence-corrected chi connectivity index (χ0v) is 17.6. The average Bonchev–Trinajstić information content (AvgIpc) is 3.30. The quantitative estimate of drug-likeness (QED) is 0.273. The van der Waals surface area contributed by atoms with Crippen LogP contribution in [-0.2, 0) is 12.3 Å². The van der Waals surface area contributed by atoms with Gasteiger partial charge < -0.3 is 4.52 Å². The molecule has 0 atom stereocenters. The molecular weight excluding hydrogens is 427 g/mol. The van der Waals surface area contributed by atoms with Crippen LogP contribution >= 0.6 is 11.8 Å². The molecule has 5 aromatic rings. The minimum Gasteiger partial charge on any atom is -0.338 e. The highest BCUT2D eigenvalue weighted by atomic mass is 32.2. The van der Waals surface area contributed by atoms with E-state index < -0.39 is 0 Å². The molecule has 0 saturated heterocycles. The van der Waals surface area contributed by atoms with Gasteiger partial charge in [-0.05, 0) is 42.0 Å². The topological polar surface area (TPSA) is 73.8 Å². The lowest BCUT2D eigenvalue weighted by molar-refractivity contribution is 0.391. The molecule has 2 heterocycles. The van der Waals surface area contributed by atoms with Gasteiger partial charge in [0.2, 0.25) is 11.7 Å². The third-order valence-corrected chi connectivity index (χ3v) is 5.87. The van der Waals surface area contributed by atoms with E-state index >= 15 is 0 Å². The Balaban J connectivity index is 1.45. The third kappa shape index (κ3) is 4.17. The maximum absolute atomic E-state index is 13.2. The van der Waals surface area contributed by atoms with Crippen LogP contribution in [-0.4, -0.2) is 19.7 Å². The largest absolute Gasteiger partial charge is 0.338 e. The summed E-state index contributed by atoms with van der Waals surface area (Å²) in [6.07, 6.45) is 0. The number of para-hydroxylation sites is 1. The van der Waals surface area contributed by atoms with Crippen LogP contribution in [0.25, 0.3) is 22.3 Å². The van der Waals surface area contributed by atoms with Crippen LogP contribution in [0.3, 0.4) is 0 Å². The first kappa shape index (κ1) is 20.1. The molecule has 0 fully saturated rings. The number of fused-ring (bicyclic) bond motifs is 1. The predicted molar refractivity (Wildman–Crippen MR) is 121 cm³/mol. The van der Waals surface area contributed by atoms with Crippen LogP contribution in [0.5, 0.6) is 0 Å². The van der Waals surface area contributed by atoms with E-state index in [1.165, 1.54) is 23.9 Å². The van der Waals surface area contributed by atoms with E-state index in [1.54, 1.807) is 22.8 Å². The number of benzene rings is 3. The summed E-state index contributed by atoms with van der Waals surface area (Å²) < 4.78 is 20.2. The number of hydrogen-bond donors (Lipinski definition) is 0. The van der Waals surface area contributed by atoms with Gasteiger partial charge in [0.25, 0.3) is 5.56 Å². The molecule has 0 amide bonds. The fraction of sp³-hybridized carbons (Fsp3) is 0.0833. The van der Waals surface area contributed by atoms with Crippen LogP contribution in [0.4, 0.5) is 4.39 Å². The second kappa shape index (κ2) is 8.76. The van der Waals surface area contributed by atoms with E-state index in [0.29, 0.717) is 45.6 Å². The van der Waals surface area contributed by atoms with Gasteiger partial charge in [0, 0.05) is 5.56 Å². The van der Waals surface area contributed by atoms with Crippen molar-refractivity contribution in [3.8, 4) is 11.4 Å². The van der Waals surface area contributed by atoms with Gasteiger partial charge >= 0.3 is 0 Å². The first-order chi connectivity index (χ1) is 15.7. The van der Waals surface area contributed by atoms with Crippen LogP contribution in [0, 0.1) is 5.82 Å². The van der Waals surface area contributed by atoms with Crippen LogP contribution in [0.15, 0.2) is 93.3 Å². The van der Waals surface area contributed by atoms with Crippen molar-refractivity contribution in [2.24, 2.45) is 0 Å². The number of halogens is 1. The van der Waals surface area contributed by atoms with E-state index in [2.05, 4.69) is 10.1 Å². The van der Waals surface area contributed by atoms with Gasteiger partial charge in [-0.3, -0.25) is 9.36 Å². The van der Waals surface area contributed by atoms with E-state index in [0.717, 1.165) is 5.56 Å². The molecule has 0 N–H and O–H groups in total. The van der Waals surface area contributed by atoms with Crippen molar-refractivity contribution in [1.82, 2.24) is 19.7 Å². The summed E-state index contributed by atoms with van der Waals surface area (Å²) in [5.41, 5.74) is 2.21. The van der Waals surface area contributed by atoms with E-state index in [9.17, 15) is 9.18 Å². The summed E-state index contributed by atoms with van der Waals surface area (Å²) in [4.78, 5) is 22.3. The number of hydrogen-bond acceptors (Lipinski definition) is 6. The lowest BCUT2D eigenvalue weighted by Gasteiger charge is -2.12. The van der Waals surface area contributed by atoms with Gasteiger partial charge in [0.05, 0.1) is 23.2 Å².